The summed E-state index contributed by atoms with van der Waals surface area (Å²) in [4.78, 5) is 22.9. The highest BCUT2D eigenvalue weighted by molar-refractivity contribution is 5.81. The van der Waals surface area contributed by atoms with E-state index in [4.69, 9.17) is 0 Å². The molecule has 0 aliphatic carbocycles. The van der Waals surface area contributed by atoms with E-state index in [-0.39, 0.29) is 0 Å². The number of hydrogen-bond acceptors (Lipinski definition) is 4. The fraction of sp³-hybridized carbons (Fsp3) is 0.667. The standard InChI is InChI=1S/C6F10O4/c7-3(8,1(17)19-15)5(11,12)6(13,14)4(9,10)2(18)20-16. The van der Waals surface area contributed by atoms with Crippen molar-refractivity contribution in [2.24, 2.45) is 0 Å². The van der Waals surface area contributed by atoms with Crippen LogP contribution in [0.2, 0.25) is 0 Å². The van der Waals surface area contributed by atoms with Crippen LogP contribution >= 0.6 is 0 Å². The summed E-state index contributed by atoms with van der Waals surface area (Å²) in [6.07, 6.45) is 0. The van der Waals surface area contributed by atoms with Crippen molar-refractivity contribution in [3.8, 4) is 0 Å². The first-order chi connectivity index (χ1) is 8.71. The highest BCUT2D eigenvalue weighted by atomic mass is 19.4. The summed E-state index contributed by atoms with van der Waals surface area (Å²) in [5.74, 6) is -36.1. The fourth-order valence-corrected chi connectivity index (χ4v) is 0.748. The van der Waals surface area contributed by atoms with E-state index in [0.29, 0.717) is 0 Å². The van der Waals surface area contributed by atoms with Crippen molar-refractivity contribution in [3.63, 3.8) is 0 Å². The van der Waals surface area contributed by atoms with Gasteiger partial charge in [-0.05, 0) is 0 Å². The quantitative estimate of drug-likeness (QED) is 0.728. The van der Waals surface area contributed by atoms with Gasteiger partial charge in [0.15, 0.2) is 0 Å². The van der Waals surface area contributed by atoms with Gasteiger partial charge in [-0.15, -0.1) is 0 Å². The summed E-state index contributed by atoms with van der Waals surface area (Å²) in [5, 5.41) is 0. The van der Waals surface area contributed by atoms with Crippen LogP contribution in [-0.4, -0.2) is 35.6 Å². The first-order valence-electron chi connectivity index (χ1n) is 3.89. The summed E-state index contributed by atoms with van der Waals surface area (Å²) in [6, 6.07) is 0. The second-order valence-electron chi connectivity index (χ2n) is 3.03. The Kier molecular flexibility index (Phi) is 4.53. The maximum atomic E-state index is 12.6. The van der Waals surface area contributed by atoms with Crippen LogP contribution in [0.15, 0.2) is 0 Å². The largest absolute Gasteiger partial charge is 0.424 e. The average molecular weight is 326 g/mol. The van der Waals surface area contributed by atoms with Crippen molar-refractivity contribution >= 4 is 11.9 Å². The van der Waals surface area contributed by atoms with E-state index in [2.05, 4.69) is 0 Å². The van der Waals surface area contributed by atoms with Crippen LogP contribution in [0.4, 0.5) is 44.2 Å². The second-order valence-corrected chi connectivity index (χ2v) is 3.03. The molecular weight excluding hydrogens is 326 g/mol. The maximum absolute atomic E-state index is 12.6. The van der Waals surface area contributed by atoms with Crippen molar-refractivity contribution in [2.75, 3.05) is 0 Å². The molecule has 0 spiro atoms. The summed E-state index contributed by atoms with van der Waals surface area (Å²) in [6.45, 7) is 0. The predicted molar refractivity (Wildman–Crippen MR) is 34.2 cm³/mol. The van der Waals surface area contributed by atoms with Crippen molar-refractivity contribution in [2.45, 2.75) is 23.7 Å². The van der Waals surface area contributed by atoms with Crippen LogP contribution in [0.1, 0.15) is 0 Å². The van der Waals surface area contributed by atoms with Crippen LogP contribution < -0.4 is 0 Å². The van der Waals surface area contributed by atoms with Gasteiger partial charge in [0, 0.05) is 9.05 Å². The molecule has 0 rings (SSSR count). The molecule has 14 heteroatoms. The van der Waals surface area contributed by atoms with E-state index in [9.17, 15) is 53.8 Å². The van der Waals surface area contributed by atoms with E-state index in [1.54, 1.807) is 9.88 Å². The van der Waals surface area contributed by atoms with Gasteiger partial charge in [0.05, 0.1) is 0 Å². The van der Waals surface area contributed by atoms with E-state index in [1.165, 1.54) is 0 Å². The Morgan fingerprint density at radius 2 is 0.800 bits per heavy atom. The average Bonchev–Trinajstić information content (AvgIpc) is 2.35. The molecule has 0 aliphatic heterocycles. The van der Waals surface area contributed by atoms with Crippen molar-refractivity contribution in [3.05, 3.63) is 0 Å². The molecule has 0 fully saturated rings. The number of carbonyl (C=O) groups is 2. The number of alkyl halides is 8. The summed E-state index contributed by atoms with van der Waals surface area (Å²) >= 11 is 0. The zero-order chi connectivity index (χ0) is 16.6. The van der Waals surface area contributed by atoms with E-state index in [1.807, 2.05) is 0 Å². The Balaban J connectivity index is 5.92. The molecule has 0 aromatic carbocycles. The highest BCUT2D eigenvalue weighted by Gasteiger charge is 2.86. The second kappa shape index (κ2) is 4.97. The van der Waals surface area contributed by atoms with Crippen molar-refractivity contribution < 1.29 is 63.6 Å². The molecule has 0 aromatic heterocycles. The minimum Gasteiger partial charge on any atom is -0.248 e. The Morgan fingerprint density at radius 1 is 0.600 bits per heavy atom. The first-order valence-corrected chi connectivity index (χ1v) is 3.89. The molecule has 0 saturated carbocycles. The minimum absolute atomic E-state index is 1.56. The van der Waals surface area contributed by atoms with Crippen LogP contribution in [0.3, 0.4) is 0 Å². The van der Waals surface area contributed by atoms with Gasteiger partial charge < -0.3 is 0 Å². The molecule has 0 atom stereocenters. The molecule has 0 saturated heterocycles. The van der Waals surface area contributed by atoms with Crippen LogP contribution in [0.25, 0.3) is 0 Å². The smallest absolute Gasteiger partial charge is 0.248 e. The number of carbonyl (C=O) groups excluding carboxylic acids is 2. The molecule has 20 heavy (non-hydrogen) atoms. The van der Waals surface area contributed by atoms with Gasteiger partial charge in [-0.25, -0.2) is 19.5 Å². The molecule has 0 aliphatic rings. The molecule has 0 unspecified atom stereocenters. The Morgan fingerprint density at radius 3 is 0.950 bits per heavy atom. The molecule has 0 radical (unpaired) electrons. The van der Waals surface area contributed by atoms with Gasteiger partial charge in [0.2, 0.25) is 0 Å². The van der Waals surface area contributed by atoms with Gasteiger partial charge in [0.1, 0.15) is 0 Å². The van der Waals surface area contributed by atoms with Crippen LogP contribution in [-0.2, 0) is 19.5 Å². The molecule has 0 aromatic rings. The van der Waals surface area contributed by atoms with E-state index in [0.717, 1.165) is 0 Å². The van der Waals surface area contributed by atoms with Crippen LogP contribution in [0, 0.1) is 0 Å². The normalized spacial score (nSPS) is 13.9. The monoisotopic (exact) mass is 326 g/mol. The predicted octanol–water partition coefficient (Wildman–Crippen LogP) is 2.38. The van der Waals surface area contributed by atoms with Crippen molar-refractivity contribution in [1.29, 1.82) is 0 Å². The zero-order valence-electron chi connectivity index (χ0n) is 8.41. The van der Waals surface area contributed by atoms with Crippen molar-refractivity contribution in [1.82, 2.24) is 0 Å². The number of hydrogen-bond donors (Lipinski definition) is 0. The molecule has 4 nitrogen and oxygen atoms in total. The Bertz CT molecular complexity index is 367. The van der Waals surface area contributed by atoms with Gasteiger partial charge in [-0.2, -0.15) is 35.1 Å². The number of halogens is 10. The molecule has 0 N–H and O–H groups in total. The summed E-state index contributed by atoms with van der Waals surface area (Å²) < 4.78 is 123. The SMILES string of the molecule is O=C(OF)C(F)(F)C(F)(F)C(F)(F)C(F)(F)C(=O)OF. The third kappa shape index (κ3) is 2.22. The lowest BCUT2D eigenvalue weighted by Gasteiger charge is -2.33. The molecule has 0 bridgehead atoms. The molecule has 0 heterocycles. The van der Waals surface area contributed by atoms with Gasteiger partial charge in [-0.1, -0.05) is 0 Å². The first kappa shape index (κ1) is 18.2. The molecule has 0 amide bonds. The van der Waals surface area contributed by atoms with Gasteiger partial charge in [0.25, 0.3) is 0 Å². The summed E-state index contributed by atoms with van der Waals surface area (Å²) in [5.41, 5.74) is 0. The molecular formula is C6F10O4. The van der Waals surface area contributed by atoms with Crippen LogP contribution in [0.5, 0.6) is 0 Å². The Hall–Kier alpha value is -1.76. The summed E-state index contributed by atoms with van der Waals surface area (Å²) in [7, 11) is 0. The van der Waals surface area contributed by atoms with Gasteiger partial charge in [-0.3, -0.25) is 0 Å². The lowest BCUT2D eigenvalue weighted by atomic mass is 9.99. The molecule has 118 valence electrons. The Labute approximate surface area is 101 Å². The third-order valence-electron chi connectivity index (χ3n) is 1.84. The van der Waals surface area contributed by atoms with E-state index >= 15 is 0 Å². The number of rotatable bonds is 5. The fourth-order valence-electron chi connectivity index (χ4n) is 0.748. The lowest BCUT2D eigenvalue weighted by Crippen LogP contribution is -2.66. The van der Waals surface area contributed by atoms with E-state index < -0.39 is 35.6 Å². The topological polar surface area (TPSA) is 52.6 Å². The highest BCUT2D eigenvalue weighted by Crippen LogP contribution is 2.53. The third-order valence-corrected chi connectivity index (χ3v) is 1.84. The van der Waals surface area contributed by atoms with Gasteiger partial charge >= 0.3 is 35.6 Å². The maximum Gasteiger partial charge on any atom is 0.424 e. The minimum atomic E-state index is -7.32. The lowest BCUT2D eigenvalue weighted by molar-refractivity contribution is -0.362. The zero-order valence-corrected chi connectivity index (χ0v) is 8.41.